The van der Waals surface area contributed by atoms with E-state index in [1.54, 1.807) is 0 Å². The summed E-state index contributed by atoms with van der Waals surface area (Å²) < 4.78 is 39.5. The first-order chi connectivity index (χ1) is 11.0. The number of hydrogen-bond acceptors (Lipinski definition) is 4. The van der Waals surface area contributed by atoms with Crippen molar-refractivity contribution in [3.63, 3.8) is 0 Å². The van der Waals surface area contributed by atoms with Gasteiger partial charge < -0.3 is 19.5 Å². The molecule has 0 aromatic heterocycles. The van der Waals surface area contributed by atoms with E-state index in [1.807, 2.05) is 0 Å². The third-order valence-corrected chi connectivity index (χ3v) is 3.37. The van der Waals surface area contributed by atoms with E-state index in [0.29, 0.717) is 11.5 Å². The van der Waals surface area contributed by atoms with Gasteiger partial charge in [-0.15, -0.1) is 0 Å². The number of carbonyl (C=O) groups excluding carboxylic acids is 1. The number of amides is 1. The molecular formula is C15H10ClF2NO4. The zero-order chi connectivity index (χ0) is 16.4. The maximum Gasteiger partial charge on any atom is 0.387 e. The molecule has 3 rings (SSSR count). The van der Waals surface area contributed by atoms with Gasteiger partial charge in [0.15, 0.2) is 11.5 Å². The Labute approximate surface area is 134 Å². The number of hydrogen-bond donors (Lipinski definition) is 1. The van der Waals surface area contributed by atoms with E-state index < -0.39 is 12.5 Å². The average Bonchev–Trinajstić information content (AvgIpc) is 2.94. The fourth-order valence-corrected chi connectivity index (χ4v) is 2.26. The van der Waals surface area contributed by atoms with Crippen molar-refractivity contribution in [1.29, 1.82) is 0 Å². The summed E-state index contributed by atoms with van der Waals surface area (Å²) in [7, 11) is 0. The number of anilines is 1. The van der Waals surface area contributed by atoms with E-state index >= 15 is 0 Å². The molecule has 1 amide bonds. The van der Waals surface area contributed by atoms with Crippen LogP contribution in [0.4, 0.5) is 14.5 Å². The molecule has 0 unspecified atom stereocenters. The van der Waals surface area contributed by atoms with Crippen molar-refractivity contribution < 1.29 is 27.8 Å². The largest absolute Gasteiger partial charge is 0.454 e. The van der Waals surface area contributed by atoms with Crippen LogP contribution in [0.1, 0.15) is 10.4 Å². The minimum absolute atomic E-state index is 0.0402. The highest BCUT2D eigenvalue weighted by atomic mass is 35.5. The van der Waals surface area contributed by atoms with Gasteiger partial charge in [-0.1, -0.05) is 23.7 Å². The van der Waals surface area contributed by atoms with E-state index in [4.69, 9.17) is 21.1 Å². The van der Waals surface area contributed by atoms with E-state index in [1.165, 1.54) is 36.4 Å². The lowest BCUT2D eigenvalue weighted by Gasteiger charge is -2.12. The number of benzene rings is 2. The second-order valence-electron chi connectivity index (χ2n) is 4.51. The van der Waals surface area contributed by atoms with Gasteiger partial charge in [0.25, 0.3) is 5.91 Å². The zero-order valence-electron chi connectivity index (χ0n) is 11.5. The molecule has 0 atom stereocenters. The average molecular weight is 342 g/mol. The summed E-state index contributed by atoms with van der Waals surface area (Å²) in [5.41, 5.74) is 0.231. The predicted octanol–water partition coefficient (Wildman–Crippen LogP) is 3.92. The van der Waals surface area contributed by atoms with Gasteiger partial charge >= 0.3 is 6.61 Å². The second-order valence-corrected chi connectivity index (χ2v) is 4.92. The monoisotopic (exact) mass is 341 g/mol. The first kappa shape index (κ1) is 15.4. The normalized spacial score (nSPS) is 12.3. The van der Waals surface area contributed by atoms with E-state index in [-0.39, 0.29) is 28.8 Å². The van der Waals surface area contributed by atoms with Crippen molar-refractivity contribution in [2.24, 2.45) is 0 Å². The Morgan fingerprint density at radius 2 is 1.91 bits per heavy atom. The summed E-state index contributed by atoms with van der Waals surface area (Å²) in [5.74, 6) is 0.0372. The van der Waals surface area contributed by atoms with Crippen molar-refractivity contribution >= 4 is 23.2 Å². The standard InChI is InChI=1S/C15H10ClF2NO4/c16-9-5-12-13(22-7-21-12)6-10(9)19-14(20)8-3-1-2-4-11(8)23-15(17)18/h1-6,15H,7H2,(H,19,20). The molecule has 23 heavy (non-hydrogen) atoms. The van der Waals surface area contributed by atoms with Crippen LogP contribution in [-0.2, 0) is 0 Å². The number of alkyl halides is 2. The molecule has 8 heteroatoms. The van der Waals surface area contributed by atoms with Crippen LogP contribution in [0.2, 0.25) is 5.02 Å². The number of rotatable bonds is 4. The minimum atomic E-state index is -3.03. The van der Waals surface area contributed by atoms with Crippen LogP contribution in [0.15, 0.2) is 36.4 Å². The molecule has 1 heterocycles. The van der Waals surface area contributed by atoms with Gasteiger partial charge in [0, 0.05) is 12.1 Å². The van der Waals surface area contributed by atoms with Crippen LogP contribution in [0.3, 0.4) is 0 Å². The Balaban J connectivity index is 1.85. The molecule has 1 aliphatic rings. The molecule has 2 aromatic carbocycles. The summed E-state index contributed by atoms with van der Waals surface area (Å²) in [6, 6.07) is 8.67. The quantitative estimate of drug-likeness (QED) is 0.915. The predicted molar refractivity (Wildman–Crippen MR) is 78.6 cm³/mol. The van der Waals surface area contributed by atoms with Crippen LogP contribution in [0.25, 0.3) is 0 Å². The molecule has 120 valence electrons. The molecule has 5 nitrogen and oxygen atoms in total. The van der Waals surface area contributed by atoms with Crippen molar-refractivity contribution in [2.45, 2.75) is 6.61 Å². The summed E-state index contributed by atoms with van der Waals surface area (Å²) >= 11 is 6.06. The molecule has 0 fully saturated rings. The fourth-order valence-electron chi connectivity index (χ4n) is 2.06. The lowest BCUT2D eigenvalue weighted by Crippen LogP contribution is -2.15. The fraction of sp³-hybridized carbons (Fsp3) is 0.133. The van der Waals surface area contributed by atoms with Gasteiger partial charge in [-0.05, 0) is 12.1 Å². The number of fused-ring (bicyclic) bond motifs is 1. The highest BCUT2D eigenvalue weighted by molar-refractivity contribution is 6.34. The number of carbonyl (C=O) groups is 1. The molecule has 2 aromatic rings. The zero-order valence-corrected chi connectivity index (χ0v) is 12.3. The molecule has 0 bridgehead atoms. The molecular weight excluding hydrogens is 332 g/mol. The number of para-hydroxylation sites is 1. The van der Waals surface area contributed by atoms with E-state index in [2.05, 4.69) is 10.1 Å². The van der Waals surface area contributed by atoms with Crippen molar-refractivity contribution in [2.75, 3.05) is 12.1 Å². The topological polar surface area (TPSA) is 56.8 Å². The molecule has 0 aliphatic carbocycles. The molecule has 1 aliphatic heterocycles. The van der Waals surface area contributed by atoms with Crippen LogP contribution in [-0.4, -0.2) is 19.3 Å². The third-order valence-electron chi connectivity index (χ3n) is 3.06. The summed E-state index contributed by atoms with van der Waals surface area (Å²) in [4.78, 5) is 12.3. The maximum absolute atomic E-state index is 12.4. The van der Waals surface area contributed by atoms with Crippen molar-refractivity contribution in [1.82, 2.24) is 0 Å². The lowest BCUT2D eigenvalue weighted by molar-refractivity contribution is -0.0501. The van der Waals surface area contributed by atoms with Crippen LogP contribution >= 0.6 is 11.6 Å². The Morgan fingerprint density at radius 3 is 2.65 bits per heavy atom. The van der Waals surface area contributed by atoms with Gasteiger partial charge in [0.1, 0.15) is 5.75 Å². The number of ether oxygens (including phenoxy) is 3. The van der Waals surface area contributed by atoms with Gasteiger partial charge in [0.2, 0.25) is 6.79 Å². The van der Waals surface area contributed by atoms with Crippen LogP contribution < -0.4 is 19.5 Å². The van der Waals surface area contributed by atoms with Crippen LogP contribution in [0.5, 0.6) is 17.2 Å². The SMILES string of the molecule is O=C(Nc1cc2c(cc1Cl)OCO2)c1ccccc1OC(F)F. The summed E-state index contributed by atoms with van der Waals surface area (Å²) in [6.45, 7) is -2.97. The Morgan fingerprint density at radius 1 is 1.22 bits per heavy atom. The van der Waals surface area contributed by atoms with E-state index in [9.17, 15) is 13.6 Å². The number of nitrogens with one attached hydrogen (secondary N) is 1. The number of halogens is 3. The molecule has 0 spiro atoms. The maximum atomic E-state index is 12.4. The summed E-state index contributed by atoms with van der Waals surface area (Å²) in [5, 5.41) is 2.77. The van der Waals surface area contributed by atoms with Gasteiger partial charge in [0.05, 0.1) is 16.3 Å². The third kappa shape index (κ3) is 3.29. The first-order valence-corrected chi connectivity index (χ1v) is 6.86. The van der Waals surface area contributed by atoms with Gasteiger partial charge in [-0.25, -0.2) is 0 Å². The smallest absolute Gasteiger partial charge is 0.387 e. The Bertz CT molecular complexity index is 754. The van der Waals surface area contributed by atoms with Crippen LogP contribution in [0, 0.1) is 0 Å². The highest BCUT2D eigenvalue weighted by Crippen LogP contribution is 2.39. The van der Waals surface area contributed by atoms with E-state index in [0.717, 1.165) is 0 Å². The second kappa shape index (κ2) is 6.29. The van der Waals surface area contributed by atoms with Crippen molar-refractivity contribution in [3.05, 3.63) is 47.0 Å². The molecule has 0 saturated carbocycles. The Hall–Kier alpha value is -2.54. The first-order valence-electron chi connectivity index (χ1n) is 6.49. The molecule has 1 N–H and O–H groups in total. The molecule has 0 radical (unpaired) electrons. The molecule has 0 saturated heterocycles. The van der Waals surface area contributed by atoms with Gasteiger partial charge in [-0.3, -0.25) is 4.79 Å². The summed E-state index contributed by atoms with van der Waals surface area (Å²) in [6.07, 6.45) is 0. The minimum Gasteiger partial charge on any atom is -0.454 e. The Kier molecular flexibility index (Phi) is 4.20. The van der Waals surface area contributed by atoms with Crippen molar-refractivity contribution in [3.8, 4) is 17.2 Å². The van der Waals surface area contributed by atoms with Gasteiger partial charge in [-0.2, -0.15) is 8.78 Å². The lowest BCUT2D eigenvalue weighted by atomic mass is 10.2. The highest BCUT2D eigenvalue weighted by Gasteiger charge is 2.20.